The summed E-state index contributed by atoms with van der Waals surface area (Å²) in [6, 6.07) is 5.54. The molecule has 0 aromatic heterocycles. The zero-order chi connectivity index (χ0) is 15.2. The Balaban J connectivity index is 0.00000242. The highest BCUT2D eigenvalue weighted by Gasteiger charge is 2.26. The number of rotatable bonds is 5. The summed E-state index contributed by atoms with van der Waals surface area (Å²) in [6.45, 7) is 1.61. The molecule has 0 aliphatic carbocycles. The molecular weight excluding hydrogens is 310 g/mol. The molecule has 0 spiro atoms. The van der Waals surface area contributed by atoms with E-state index in [1.165, 1.54) is 12.1 Å². The Hall–Kier alpha value is -1.70. The number of benzene rings is 1. The second-order valence-corrected chi connectivity index (χ2v) is 5.12. The summed E-state index contributed by atoms with van der Waals surface area (Å²) >= 11 is 0. The van der Waals surface area contributed by atoms with E-state index in [2.05, 4.69) is 5.32 Å². The largest absolute Gasteiger partial charge is 0.381 e. The maximum absolute atomic E-state index is 12.0. The van der Waals surface area contributed by atoms with E-state index in [9.17, 15) is 14.9 Å². The molecule has 22 heavy (non-hydrogen) atoms. The average molecular weight is 330 g/mol. The third-order valence-electron chi connectivity index (χ3n) is 3.69. The van der Waals surface area contributed by atoms with Crippen molar-refractivity contribution in [2.75, 3.05) is 13.2 Å². The molecule has 1 aliphatic heterocycles. The molecule has 3 N–H and O–H groups in total. The maximum atomic E-state index is 12.0. The van der Waals surface area contributed by atoms with Crippen molar-refractivity contribution >= 4 is 24.0 Å². The van der Waals surface area contributed by atoms with E-state index in [-0.39, 0.29) is 29.9 Å². The SMILES string of the molecule is Cl.NC(C(=O)NCc1ccc([N+](=O)[O-])cc1)C1CCOCC1. The average Bonchev–Trinajstić information content (AvgIpc) is 2.53. The van der Waals surface area contributed by atoms with Gasteiger partial charge in [0.1, 0.15) is 0 Å². The molecule has 7 nitrogen and oxygen atoms in total. The summed E-state index contributed by atoms with van der Waals surface area (Å²) in [5.74, 6) is -0.0455. The number of non-ortho nitro benzene ring substituents is 1. The van der Waals surface area contributed by atoms with Crippen molar-refractivity contribution in [3.63, 3.8) is 0 Å². The Morgan fingerprint density at radius 1 is 1.36 bits per heavy atom. The van der Waals surface area contributed by atoms with Gasteiger partial charge in [-0.05, 0) is 24.3 Å². The molecule has 1 atom stereocenters. The number of nitrogens with one attached hydrogen (secondary N) is 1. The summed E-state index contributed by atoms with van der Waals surface area (Å²) in [7, 11) is 0. The lowest BCUT2D eigenvalue weighted by molar-refractivity contribution is -0.384. The van der Waals surface area contributed by atoms with Crippen LogP contribution in [-0.2, 0) is 16.1 Å². The third-order valence-corrected chi connectivity index (χ3v) is 3.69. The van der Waals surface area contributed by atoms with Gasteiger partial charge in [0.15, 0.2) is 0 Å². The fraction of sp³-hybridized carbons (Fsp3) is 0.500. The van der Waals surface area contributed by atoms with Gasteiger partial charge in [-0.15, -0.1) is 12.4 Å². The Bertz CT molecular complexity index is 503. The van der Waals surface area contributed by atoms with Crippen molar-refractivity contribution in [3.05, 3.63) is 39.9 Å². The van der Waals surface area contributed by atoms with Crippen molar-refractivity contribution in [2.24, 2.45) is 11.7 Å². The van der Waals surface area contributed by atoms with Crippen LogP contribution in [0.2, 0.25) is 0 Å². The molecule has 1 aromatic rings. The van der Waals surface area contributed by atoms with Crippen LogP contribution in [0, 0.1) is 16.0 Å². The molecule has 122 valence electrons. The number of nitro benzene ring substituents is 1. The first-order chi connectivity index (χ1) is 10.1. The molecule has 0 saturated carbocycles. The number of carbonyl (C=O) groups is 1. The first-order valence-corrected chi connectivity index (χ1v) is 6.92. The second kappa shape index (κ2) is 8.67. The molecule has 0 radical (unpaired) electrons. The van der Waals surface area contributed by atoms with Gasteiger partial charge in [0.2, 0.25) is 5.91 Å². The fourth-order valence-corrected chi connectivity index (χ4v) is 2.33. The van der Waals surface area contributed by atoms with E-state index < -0.39 is 11.0 Å². The Morgan fingerprint density at radius 2 is 1.95 bits per heavy atom. The Kier molecular flexibility index (Phi) is 7.23. The zero-order valence-electron chi connectivity index (χ0n) is 12.1. The van der Waals surface area contributed by atoms with Crippen LogP contribution < -0.4 is 11.1 Å². The van der Waals surface area contributed by atoms with Gasteiger partial charge in [0.05, 0.1) is 11.0 Å². The van der Waals surface area contributed by atoms with E-state index >= 15 is 0 Å². The van der Waals surface area contributed by atoms with Crippen LogP contribution in [-0.4, -0.2) is 30.1 Å². The van der Waals surface area contributed by atoms with Gasteiger partial charge in [-0.3, -0.25) is 14.9 Å². The first-order valence-electron chi connectivity index (χ1n) is 6.92. The molecule has 1 heterocycles. The minimum atomic E-state index is -0.535. The van der Waals surface area contributed by atoms with E-state index in [1.807, 2.05) is 0 Å². The Morgan fingerprint density at radius 3 is 2.50 bits per heavy atom. The lowest BCUT2D eigenvalue weighted by atomic mass is 9.92. The molecule has 2 rings (SSSR count). The molecule has 0 bridgehead atoms. The van der Waals surface area contributed by atoms with Gasteiger partial charge in [-0.25, -0.2) is 0 Å². The molecule has 1 amide bonds. The molecule has 1 aromatic carbocycles. The molecule has 1 aliphatic rings. The van der Waals surface area contributed by atoms with Crippen LogP contribution in [0.1, 0.15) is 18.4 Å². The predicted molar refractivity (Wildman–Crippen MR) is 83.7 cm³/mol. The predicted octanol–water partition coefficient (Wildman–Crippen LogP) is 1.39. The van der Waals surface area contributed by atoms with Crippen LogP contribution in [0.15, 0.2) is 24.3 Å². The number of amides is 1. The van der Waals surface area contributed by atoms with Gasteiger partial charge >= 0.3 is 0 Å². The number of halogens is 1. The van der Waals surface area contributed by atoms with Crippen LogP contribution in [0.5, 0.6) is 0 Å². The third kappa shape index (κ3) is 4.94. The normalized spacial score (nSPS) is 16.4. The van der Waals surface area contributed by atoms with Crippen LogP contribution in [0.3, 0.4) is 0 Å². The molecule has 1 saturated heterocycles. The lowest BCUT2D eigenvalue weighted by Gasteiger charge is -2.26. The minimum absolute atomic E-state index is 0. The summed E-state index contributed by atoms with van der Waals surface area (Å²) in [5.41, 5.74) is 6.79. The fourth-order valence-electron chi connectivity index (χ4n) is 2.33. The first kappa shape index (κ1) is 18.3. The van der Waals surface area contributed by atoms with E-state index in [0.717, 1.165) is 18.4 Å². The van der Waals surface area contributed by atoms with Crippen molar-refractivity contribution < 1.29 is 14.5 Å². The van der Waals surface area contributed by atoms with Crippen molar-refractivity contribution in [2.45, 2.75) is 25.4 Å². The topological polar surface area (TPSA) is 107 Å². The number of ether oxygens (including phenoxy) is 1. The molecule has 8 heteroatoms. The number of hydrogen-bond acceptors (Lipinski definition) is 5. The van der Waals surface area contributed by atoms with E-state index in [4.69, 9.17) is 10.5 Å². The minimum Gasteiger partial charge on any atom is -0.381 e. The maximum Gasteiger partial charge on any atom is 0.269 e. The smallest absolute Gasteiger partial charge is 0.269 e. The number of nitrogens with zero attached hydrogens (tertiary/aromatic N) is 1. The summed E-state index contributed by atoms with van der Waals surface area (Å²) in [6.07, 6.45) is 1.60. The quantitative estimate of drug-likeness (QED) is 0.627. The molecular formula is C14H20ClN3O4. The van der Waals surface area contributed by atoms with E-state index in [0.29, 0.717) is 19.8 Å². The lowest BCUT2D eigenvalue weighted by Crippen LogP contribution is -2.46. The van der Waals surface area contributed by atoms with Gasteiger partial charge < -0.3 is 15.8 Å². The van der Waals surface area contributed by atoms with Crippen LogP contribution in [0.25, 0.3) is 0 Å². The van der Waals surface area contributed by atoms with Gasteiger partial charge in [-0.1, -0.05) is 12.1 Å². The summed E-state index contributed by atoms with van der Waals surface area (Å²) < 4.78 is 5.25. The van der Waals surface area contributed by atoms with Gasteiger partial charge in [0, 0.05) is 31.9 Å². The zero-order valence-corrected chi connectivity index (χ0v) is 12.9. The van der Waals surface area contributed by atoms with Gasteiger partial charge in [-0.2, -0.15) is 0 Å². The molecule has 1 fully saturated rings. The van der Waals surface area contributed by atoms with Crippen molar-refractivity contribution in [3.8, 4) is 0 Å². The standard InChI is InChI=1S/C14H19N3O4.ClH/c15-13(11-5-7-21-8-6-11)14(18)16-9-10-1-3-12(4-2-10)17(19)20;/h1-4,11,13H,5-9,15H2,(H,16,18);1H. The summed E-state index contributed by atoms with van der Waals surface area (Å²) in [4.78, 5) is 22.1. The summed E-state index contributed by atoms with van der Waals surface area (Å²) in [5, 5.41) is 13.3. The number of hydrogen-bond donors (Lipinski definition) is 2. The number of nitro groups is 1. The van der Waals surface area contributed by atoms with Crippen molar-refractivity contribution in [1.29, 1.82) is 0 Å². The monoisotopic (exact) mass is 329 g/mol. The van der Waals surface area contributed by atoms with Crippen molar-refractivity contribution in [1.82, 2.24) is 5.32 Å². The van der Waals surface area contributed by atoms with E-state index in [1.54, 1.807) is 12.1 Å². The van der Waals surface area contributed by atoms with Crippen LogP contribution >= 0.6 is 12.4 Å². The second-order valence-electron chi connectivity index (χ2n) is 5.12. The molecule has 1 unspecified atom stereocenters. The highest BCUT2D eigenvalue weighted by Crippen LogP contribution is 2.18. The highest BCUT2D eigenvalue weighted by molar-refractivity contribution is 5.85. The van der Waals surface area contributed by atoms with Crippen LogP contribution in [0.4, 0.5) is 5.69 Å². The number of nitrogens with two attached hydrogens (primary N) is 1. The van der Waals surface area contributed by atoms with Gasteiger partial charge in [0.25, 0.3) is 5.69 Å². The number of carbonyl (C=O) groups excluding carboxylic acids is 1. The highest BCUT2D eigenvalue weighted by atomic mass is 35.5. The Labute approximate surface area is 134 Å².